The summed E-state index contributed by atoms with van der Waals surface area (Å²) in [5, 5.41) is 5.09. The molecule has 1 aliphatic rings. The normalized spacial score (nSPS) is 23.3. The average molecular weight is 328 g/mol. The molecule has 0 aliphatic heterocycles. The van der Waals surface area contributed by atoms with Crippen LogP contribution in [0.4, 0.5) is 0 Å². The molecular weight excluding hydrogens is 301 g/mol. The molecule has 0 radical (unpaired) electrons. The third-order valence-electron chi connectivity index (χ3n) is 4.50. The zero-order valence-electron chi connectivity index (χ0n) is 13.2. The molecule has 1 aliphatic carbocycles. The van der Waals surface area contributed by atoms with Crippen LogP contribution in [0.5, 0.6) is 0 Å². The maximum Gasteiger partial charge on any atom is 0.0627 e. The summed E-state index contributed by atoms with van der Waals surface area (Å²) < 4.78 is 0. The molecule has 2 rings (SSSR count). The summed E-state index contributed by atoms with van der Waals surface area (Å²) >= 11 is 12.7. The van der Waals surface area contributed by atoms with Gasteiger partial charge in [-0.2, -0.15) is 0 Å². The second-order valence-electron chi connectivity index (χ2n) is 6.70. The van der Waals surface area contributed by atoms with Crippen LogP contribution in [0.2, 0.25) is 10.0 Å². The Hall–Kier alpha value is -0.240. The number of halogens is 2. The number of nitrogens with one attached hydrogen (secondary N) is 1. The monoisotopic (exact) mass is 327 g/mol. The Labute approximate surface area is 139 Å². The number of hydrogen-bond acceptors (Lipinski definition) is 1. The van der Waals surface area contributed by atoms with Gasteiger partial charge in [-0.3, -0.25) is 0 Å². The van der Waals surface area contributed by atoms with Crippen LogP contribution in [0.3, 0.4) is 0 Å². The van der Waals surface area contributed by atoms with E-state index in [9.17, 15) is 0 Å². The lowest BCUT2D eigenvalue weighted by Crippen LogP contribution is -2.29. The summed E-state index contributed by atoms with van der Waals surface area (Å²) in [5.41, 5.74) is 1.25. The molecule has 2 atom stereocenters. The highest BCUT2D eigenvalue weighted by Gasteiger charge is 2.27. The van der Waals surface area contributed by atoms with E-state index in [1.54, 1.807) is 0 Å². The van der Waals surface area contributed by atoms with Crippen molar-refractivity contribution >= 4 is 23.2 Å². The van der Waals surface area contributed by atoms with Crippen molar-refractivity contribution in [1.82, 2.24) is 5.32 Å². The summed E-state index contributed by atoms with van der Waals surface area (Å²) in [4.78, 5) is 0. The summed E-state index contributed by atoms with van der Waals surface area (Å²) in [6, 6.07) is 6.09. The Morgan fingerprint density at radius 3 is 2.67 bits per heavy atom. The van der Waals surface area contributed by atoms with Gasteiger partial charge < -0.3 is 5.32 Å². The first-order valence-corrected chi connectivity index (χ1v) is 8.99. The molecule has 0 bridgehead atoms. The second-order valence-corrected chi connectivity index (χ2v) is 7.48. The van der Waals surface area contributed by atoms with Crippen LogP contribution >= 0.6 is 23.2 Å². The Morgan fingerprint density at radius 1 is 1.14 bits per heavy atom. The minimum Gasteiger partial charge on any atom is -0.316 e. The van der Waals surface area contributed by atoms with Crippen molar-refractivity contribution in [3.05, 3.63) is 33.8 Å². The van der Waals surface area contributed by atoms with Gasteiger partial charge in [-0.05, 0) is 55.3 Å². The maximum absolute atomic E-state index is 6.48. The Balaban J connectivity index is 2.13. The van der Waals surface area contributed by atoms with E-state index in [1.165, 1.54) is 37.7 Å². The molecule has 21 heavy (non-hydrogen) atoms. The third kappa shape index (κ3) is 4.87. The maximum atomic E-state index is 6.48. The topological polar surface area (TPSA) is 12.0 Å². The van der Waals surface area contributed by atoms with E-state index in [0.717, 1.165) is 18.1 Å². The molecule has 0 saturated heterocycles. The van der Waals surface area contributed by atoms with Crippen molar-refractivity contribution in [1.29, 1.82) is 0 Å². The predicted octanol–water partition coefficient (Wildman–Crippen LogP) is 5.90. The fraction of sp³-hybridized carbons (Fsp3) is 0.667. The predicted molar refractivity (Wildman–Crippen MR) is 93.5 cm³/mol. The Kier molecular flexibility index (Phi) is 6.85. The largest absolute Gasteiger partial charge is 0.316 e. The number of hydrogen-bond donors (Lipinski definition) is 1. The SMILES string of the molecule is CC(C)CNCC1CCCCCC1c1cccc(Cl)c1Cl. The van der Waals surface area contributed by atoms with Crippen LogP contribution in [0, 0.1) is 11.8 Å². The summed E-state index contributed by atoms with van der Waals surface area (Å²) in [7, 11) is 0. The highest BCUT2D eigenvalue weighted by atomic mass is 35.5. The Morgan fingerprint density at radius 2 is 1.90 bits per heavy atom. The van der Waals surface area contributed by atoms with Gasteiger partial charge in [-0.15, -0.1) is 0 Å². The fourth-order valence-electron chi connectivity index (χ4n) is 3.40. The van der Waals surface area contributed by atoms with Gasteiger partial charge in [0.05, 0.1) is 10.0 Å². The number of benzene rings is 1. The lowest BCUT2D eigenvalue weighted by molar-refractivity contribution is 0.366. The molecular formula is C18H27Cl2N. The third-order valence-corrected chi connectivity index (χ3v) is 5.33. The lowest BCUT2D eigenvalue weighted by Gasteiger charge is -2.27. The van der Waals surface area contributed by atoms with Gasteiger partial charge in [0, 0.05) is 0 Å². The van der Waals surface area contributed by atoms with Gasteiger partial charge >= 0.3 is 0 Å². The Bertz CT molecular complexity index is 445. The zero-order chi connectivity index (χ0) is 15.2. The van der Waals surface area contributed by atoms with Gasteiger partial charge in [0.25, 0.3) is 0 Å². The molecule has 0 heterocycles. The van der Waals surface area contributed by atoms with Gasteiger partial charge in [-0.25, -0.2) is 0 Å². The van der Waals surface area contributed by atoms with Crippen molar-refractivity contribution in [2.75, 3.05) is 13.1 Å². The van der Waals surface area contributed by atoms with Crippen LogP contribution in [-0.4, -0.2) is 13.1 Å². The van der Waals surface area contributed by atoms with Crippen LogP contribution in [0.1, 0.15) is 57.4 Å². The molecule has 0 spiro atoms. The minimum absolute atomic E-state index is 0.540. The minimum atomic E-state index is 0.540. The quantitative estimate of drug-likeness (QED) is 0.663. The van der Waals surface area contributed by atoms with E-state index in [4.69, 9.17) is 23.2 Å². The highest BCUT2D eigenvalue weighted by Crippen LogP contribution is 2.41. The first-order valence-electron chi connectivity index (χ1n) is 8.24. The molecule has 1 nitrogen and oxygen atoms in total. The molecule has 3 heteroatoms. The molecule has 118 valence electrons. The van der Waals surface area contributed by atoms with Crippen molar-refractivity contribution in [3.63, 3.8) is 0 Å². The standard InChI is InChI=1S/C18H27Cl2N/c1-13(2)11-21-12-14-7-4-3-5-8-15(14)16-9-6-10-17(19)18(16)20/h6,9-10,13-15,21H,3-5,7-8,11-12H2,1-2H3. The van der Waals surface area contributed by atoms with Crippen LogP contribution in [0.15, 0.2) is 18.2 Å². The molecule has 0 amide bonds. The molecule has 1 N–H and O–H groups in total. The molecule has 0 aromatic heterocycles. The van der Waals surface area contributed by atoms with Crippen molar-refractivity contribution in [3.8, 4) is 0 Å². The second kappa shape index (κ2) is 8.41. The molecule has 1 aromatic rings. The van der Waals surface area contributed by atoms with Crippen molar-refractivity contribution in [2.24, 2.45) is 11.8 Å². The first kappa shape index (κ1) is 17.1. The summed E-state index contributed by atoms with van der Waals surface area (Å²) in [6.07, 6.45) is 6.50. The van der Waals surface area contributed by atoms with Gasteiger partial charge in [0.2, 0.25) is 0 Å². The van der Waals surface area contributed by atoms with Crippen LogP contribution in [-0.2, 0) is 0 Å². The van der Waals surface area contributed by atoms with E-state index in [0.29, 0.717) is 22.8 Å². The van der Waals surface area contributed by atoms with Crippen molar-refractivity contribution < 1.29 is 0 Å². The summed E-state index contributed by atoms with van der Waals surface area (Å²) in [5.74, 6) is 1.91. The highest BCUT2D eigenvalue weighted by molar-refractivity contribution is 6.42. The number of rotatable bonds is 5. The van der Waals surface area contributed by atoms with Gasteiger partial charge in [0.1, 0.15) is 0 Å². The smallest absolute Gasteiger partial charge is 0.0627 e. The molecule has 1 saturated carbocycles. The molecule has 1 aromatic carbocycles. The molecule has 1 fully saturated rings. The van der Waals surface area contributed by atoms with E-state index < -0.39 is 0 Å². The van der Waals surface area contributed by atoms with Gasteiger partial charge in [-0.1, -0.05) is 68.4 Å². The van der Waals surface area contributed by atoms with Crippen LogP contribution in [0.25, 0.3) is 0 Å². The van der Waals surface area contributed by atoms with Crippen LogP contribution < -0.4 is 5.32 Å². The zero-order valence-corrected chi connectivity index (χ0v) is 14.7. The van der Waals surface area contributed by atoms with E-state index in [1.807, 2.05) is 12.1 Å². The lowest BCUT2D eigenvalue weighted by atomic mass is 9.82. The first-order chi connectivity index (χ1) is 10.1. The summed E-state index contributed by atoms with van der Waals surface area (Å²) in [6.45, 7) is 6.69. The van der Waals surface area contributed by atoms with E-state index in [2.05, 4.69) is 25.2 Å². The van der Waals surface area contributed by atoms with E-state index in [-0.39, 0.29) is 0 Å². The fourth-order valence-corrected chi connectivity index (χ4v) is 3.85. The van der Waals surface area contributed by atoms with Crippen molar-refractivity contribution in [2.45, 2.75) is 51.9 Å². The molecule has 2 unspecified atom stereocenters. The van der Waals surface area contributed by atoms with E-state index >= 15 is 0 Å². The van der Waals surface area contributed by atoms with Gasteiger partial charge in [0.15, 0.2) is 0 Å². The average Bonchev–Trinajstić information content (AvgIpc) is 2.67.